The lowest BCUT2D eigenvalue weighted by Gasteiger charge is -2.14. The maximum Gasteiger partial charge on any atom is 0.261 e. The van der Waals surface area contributed by atoms with Gasteiger partial charge in [0.15, 0.2) is 6.10 Å². The summed E-state index contributed by atoms with van der Waals surface area (Å²) >= 11 is 6.03. The van der Waals surface area contributed by atoms with Gasteiger partial charge in [0.2, 0.25) is 11.7 Å². The zero-order chi connectivity index (χ0) is 19.2. The number of halogens is 1. The molecule has 7 nitrogen and oxygen atoms in total. The zero-order valence-electron chi connectivity index (χ0n) is 14.8. The Morgan fingerprint density at radius 1 is 1.26 bits per heavy atom. The van der Waals surface area contributed by atoms with E-state index in [9.17, 15) is 4.79 Å². The van der Waals surface area contributed by atoms with Crippen LogP contribution >= 0.6 is 11.6 Å². The van der Waals surface area contributed by atoms with E-state index in [-0.39, 0.29) is 18.3 Å². The lowest BCUT2D eigenvalue weighted by atomic mass is 10.2. The Balaban J connectivity index is 1.57. The SMILES string of the molecule is COc1cccc(-c2noc(CNC(=O)[C@@H](C)Oc3ccccc3Cl)n2)c1. The molecule has 0 aliphatic rings. The molecule has 0 aliphatic carbocycles. The van der Waals surface area contributed by atoms with Crippen molar-refractivity contribution in [3.8, 4) is 22.9 Å². The molecule has 3 aromatic rings. The standard InChI is InChI=1S/C19H18ClN3O4/c1-12(26-16-9-4-3-8-15(16)20)19(24)21-11-17-22-18(23-27-17)13-6-5-7-14(10-13)25-2/h3-10,12H,11H2,1-2H3,(H,21,24)/t12-/m1/s1. The van der Waals surface area contributed by atoms with Crippen LogP contribution in [0.1, 0.15) is 12.8 Å². The second-order valence-corrected chi connectivity index (χ2v) is 6.06. The highest BCUT2D eigenvalue weighted by atomic mass is 35.5. The molecule has 0 aliphatic heterocycles. The number of methoxy groups -OCH3 is 1. The van der Waals surface area contributed by atoms with Crippen molar-refractivity contribution in [2.75, 3.05) is 7.11 Å². The molecule has 1 aromatic heterocycles. The van der Waals surface area contributed by atoms with E-state index < -0.39 is 6.10 Å². The number of nitrogens with zero attached hydrogens (tertiary/aromatic N) is 2. The van der Waals surface area contributed by atoms with Crippen LogP contribution in [0.2, 0.25) is 5.02 Å². The summed E-state index contributed by atoms with van der Waals surface area (Å²) in [6.45, 7) is 1.72. The highest BCUT2D eigenvalue weighted by molar-refractivity contribution is 6.32. The molecule has 1 heterocycles. The molecular formula is C19H18ClN3O4. The van der Waals surface area contributed by atoms with E-state index in [0.29, 0.717) is 22.3 Å². The summed E-state index contributed by atoms with van der Waals surface area (Å²) in [7, 11) is 1.59. The minimum absolute atomic E-state index is 0.0893. The van der Waals surface area contributed by atoms with Gasteiger partial charge in [0, 0.05) is 5.56 Å². The second-order valence-electron chi connectivity index (χ2n) is 5.65. The topological polar surface area (TPSA) is 86.5 Å². The Morgan fingerprint density at radius 2 is 2.07 bits per heavy atom. The number of aromatic nitrogens is 2. The number of rotatable bonds is 7. The molecule has 1 atom stereocenters. The van der Waals surface area contributed by atoms with Crippen LogP contribution in [0.5, 0.6) is 11.5 Å². The van der Waals surface area contributed by atoms with Gasteiger partial charge in [-0.15, -0.1) is 0 Å². The van der Waals surface area contributed by atoms with E-state index in [4.69, 9.17) is 25.6 Å². The van der Waals surface area contributed by atoms with Gasteiger partial charge in [0.05, 0.1) is 18.7 Å². The molecule has 0 bridgehead atoms. The van der Waals surface area contributed by atoms with E-state index in [1.165, 1.54) is 0 Å². The third-order valence-corrected chi connectivity index (χ3v) is 4.03. The monoisotopic (exact) mass is 387 g/mol. The third-order valence-electron chi connectivity index (χ3n) is 3.72. The first-order valence-corrected chi connectivity index (χ1v) is 8.60. The Morgan fingerprint density at radius 3 is 2.85 bits per heavy atom. The predicted molar refractivity (Wildman–Crippen MR) is 99.7 cm³/mol. The first-order chi connectivity index (χ1) is 13.1. The number of carbonyl (C=O) groups excluding carboxylic acids is 1. The molecule has 27 heavy (non-hydrogen) atoms. The maximum atomic E-state index is 12.2. The van der Waals surface area contributed by atoms with Gasteiger partial charge in [-0.05, 0) is 31.2 Å². The second kappa shape index (κ2) is 8.55. The van der Waals surface area contributed by atoms with Gasteiger partial charge in [-0.1, -0.05) is 41.0 Å². The van der Waals surface area contributed by atoms with Gasteiger partial charge >= 0.3 is 0 Å². The molecule has 0 saturated heterocycles. The van der Waals surface area contributed by atoms with Crippen LogP contribution in [-0.4, -0.2) is 29.3 Å². The minimum atomic E-state index is -0.731. The molecule has 0 spiro atoms. The van der Waals surface area contributed by atoms with Gasteiger partial charge in [-0.2, -0.15) is 4.98 Å². The van der Waals surface area contributed by atoms with Crippen molar-refractivity contribution >= 4 is 17.5 Å². The summed E-state index contributed by atoms with van der Waals surface area (Å²) in [5.41, 5.74) is 0.756. The fourth-order valence-electron chi connectivity index (χ4n) is 2.30. The average molecular weight is 388 g/mol. The first kappa shape index (κ1) is 18.7. The highest BCUT2D eigenvalue weighted by Gasteiger charge is 2.17. The van der Waals surface area contributed by atoms with Crippen LogP contribution in [0.3, 0.4) is 0 Å². The van der Waals surface area contributed by atoms with Crippen molar-refractivity contribution in [3.05, 3.63) is 59.4 Å². The molecule has 0 saturated carbocycles. The summed E-state index contributed by atoms with van der Waals surface area (Å²) < 4.78 is 15.9. The number of para-hydroxylation sites is 1. The summed E-state index contributed by atoms with van der Waals surface area (Å²) in [4.78, 5) is 16.5. The van der Waals surface area contributed by atoms with Crippen molar-refractivity contribution in [1.82, 2.24) is 15.5 Å². The van der Waals surface area contributed by atoms with Crippen molar-refractivity contribution in [2.45, 2.75) is 19.6 Å². The molecule has 1 N–H and O–H groups in total. The Hall–Kier alpha value is -3.06. The van der Waals surface area contributed by atoms with Gasteiger partial charge in [0.25, 0.3) is 5.91 Å². The molecule has 0 fully saturated rings. The largest absolute Gasteiger partial charge is 0.497 e. The predicted octanol–water partition coefficient (Wildman–Crippen LogP) is 3.48. The van der Waals surface area contributed by atoms with Gasteiger partial charge in [-0.3, -0.25) is 4.79 Å². The smallest absolute Gasteiger partial charge is 0.261 e. The average Bonchev–Trinajstić information content (AvgIpc) is 3.17. The number of hydrogen-bond acceptors (Lipinski definition) is 6. The number of hydrogen-bond donors (Lipinski definition) is 1. The number of carbonyl (C=O) groups is 1. The molecule has 140 valence electrons. The molecular weight excluding hydrogens is 370 g/mol. The number of nitrogens with one attached hydrogen (secondary N) is 1. The minimum Gasteiger partial charge on any atom is -0.497 e. The highest BCUT2D eigenvalue weighted by Crippen LogP contribution is 2.24. The fraction of sp³-hybridized carbons (Fsp3) is 0.211. The third kappa shape index (κ3) is 4.77. The van der Waals surface area contributed by atoms with Crippen molar-refractivity contribution in [2.24, 2.45) is 0 Å². The van der Waals surface area contributed by atoms with Crippen molar-refractivity contribution < 1.29 is 18.8 Å². The van der Waals surface area contributed by atoms with E-state index in [2.05, 4.69) is 15.5 Å². The first-order valence-electron chi connectivity index (χ1n) is 8.22. The number of amides is 1. The molecule has 0 unspecified atom stereocenters. The fourth-order valence-corrected chi connectivity index (χ4v) is 2.48. The van der Waals surface area contributed by atoms with Gasteiger partial charge in [-0.25, -0.2) is 0 Å². The van der Waals surface area contributed by atoms with Crippen LogP contribution < -0.4 is 14.8 Å². The Bertz CT molecular complexity index is 929. The Kier molecular flexibility index (Phi) is 5.93. The van der Waals surface area contributed by atoms with Gasteiger partial charge < -0.3 is 19.3 Å². The van der Waals surface area contributed by atoms with E-state index >= 15 is 0 Å². The number of benzene rings is 2. The van der Waals surface area contributed by atoms with Crippen molar-refractivity contribution in [3.63, 3.8) is 0 Å². The van der Waals surface area contributed by atoms with Crippen LogP contribution in [0.15, 0.2) is 53.1 Å². The lowest BCUT2D eigenvalue weighted by molar-refractivity contribution is -0.127. The Labute approximate surface area is 161 Å². The van der Waals surface area contributed by atoms with Crippen LogP contribution in [0, 0.1) is 0 Å². The van der Waals surface area contributed by atoms with E-state index in [1.54, 1.807) is 44.4 Å². The van der Waals surface area contributed by atoms with Gasteiger partial charge in [0.1, 0.15) is 11.5 Å². The molecule has 8 heteroatoms. The summed E-state index contributed by atoms with van der Waals surface area (Å²) in [6.07, 6.45) is -0.731. The van der Waals surface area contributed by atoms with E-state index in [1.807, 2.05) is 18.2 Å². The molecule has 2 aromatic carbocycles. The normalized spacial score (nSPS) is 11.7. The zero-order valence-corrected chi connectivity index (χ0v) is 15.6. The molecule has 3 rings (SSSR count). The van der Waals surface area contributed by atoms with Crippen molar-refractivity contribution in [1.29, 1.82) is 0 Å². The quantitative estimate of drug-likeness (QED) is 0.667. The summed E-state index contributed by atoms with van der Waals surface area (Å²) in [5, 5.41) is 7.06. The summed E-state index contributed by atoms with van der Waals surface area (Å²) in [6, 6.07) is 14.3. The van der Waals surface area contributed by atoms with Crippen LogP contribution in [0.25, 0.3) is 11.4 Å². The van der Waals surface area contributed by atoms with E-state index in [0.717, 1.165) is 5.56 Å². The molecule has 0 radical (unpaired) electrons. The van der Waals surface area contributed by atoms with Crippen LogP contribution in [-0.2, 0) is 11.3 Å². The maximum absolute atomic E-state index is 12.2. The molecule has 1 amide bonds. The lowest BCUT2D eigenvalue weighted by Crippen LogP contribution is -2.36. The van der Waals surface area contributed by atoms with Crippen LogP contribution in [0.4, 0.5) is 0 Å². The number of ether oxygens (including phenoxy) is 2. The summed E-state index contributed by atoms with van der Waals surface area (Å²) in [5.74, 6) is 1.51.